The van der Waals surface area contributed by atoms with Gasteiger partial charge in [0.1, 0.15) is 0 Å². The van der Waals surface area contributed by atoms with Gasteiger partial charge in [-0.05, 0) is 38.8 Å². The second kappa shape index (κ2) is 8.55. The fourth-order valence-electron chi connectivity index (χ4n) is 1.93. The van der Waals surface area contributed by atoms with Crippen molar-refractivity contribution in [2.75, 3.05) is 13.1 Å². The predicted octanol–water partition coefficient (Wildman–Crippen LogP) is 3.50. The minimum absolute atomic E-state index is 0.775. The third-order valence-corrected chi connectivity index (χ3v) is 2.55. The van der Waals surface area contributed by atoms with E-state index < -0.39 is 0 Å². The highest BCUT2D eigenvalue weighted by Gasteiger charge is 2.13. The van der Waals surface area contributed by atoms with Crippen molar-refractivity contribution in [3.8, 4) is 0 Å². The van der Waals surface area contributed by atoms with Gasteiger partial charge in [-0.15, -0.1) is 0 Å². The Kier molecular flexibility index (Phi) is 8.53. The standard InChI is InChI=1S/C12H26N/c1-5-9-12(8-4)13(10-6-2)11-7-3/h12H,1,5-11H2,2-4H3. The summed E-state index contributed by atoms with van der Waals surface area (Å²) < 4.78 is 0. The third kappa shape index (κ3) is 5.30. The summed E-state index contributed by atoms with van der Waals surface area (Å²) in [6.45, 7) is 13.3. The molecule has 0 saturated heterocycles. The van der Waals surface area contributed by atoms with Crippen LogP contribution in [-0.2, 0) is 0 Å². The van der Waals surface area contributed by atoms with Gasteiger partial charge in [0.25, 0.3) is 0 Å². The average Bonchev–Trinajstić information content (AvgIpc) is 2.14. The maximum absolute atomic E-state index is 3.95. The van der Waals surface area contributed by atoms with Crippen LogP contribution < -0.4 is 0 Å². The summed E-state index contributed by atoms with van der Waals surface area (Å²) in [5, 5.41) is 0. The molecule has 1 radical (unpaired) electrons. The molecule has 0 bridgehead atoms. The topological polar surface area (TPSA) is 3.24 Å². The van der Waals surface area contributed by atoms with Crippen LogP contribution in [0.15, 0.2) is 0 Å². The molecular weight excluding hydrogens is 158 g/mol. The molecule has 0 fully saturated rings. The van der Waals surface area contributed by atoms with Gasteiger partial charge >= 0.3 is 0 Å². The molecule has 0 amide bonds. The highest BCUT2D eigenvalue weighted by atomic mass is 15.1. The molecule has 1 unspecified atom stereocenters. The molecule has 13 heavy (non-hydrogen) atoms. The lowest BCUT2D eigenvalue weighted by Crippen LogP contribution is -2.36. The van der Waals surface area contributed by atoms with Crippen molar-refractivity contribution < 1.29 is 0 Å². The lowest BCUT2D eigenvalue weighted by molar-refractivity contribution is 0.182. The summed E-state index contributed by atoms with van der Waals surface area (Å²) in [5.74, 6) is 0. The molecule has 1 atom stereocenters. The Morgan fingerprint density at radius 1 is 1.08 bits per heavy atom. The Balaban J connectivity index is 3.94. The molecule has 0 spiro atoms. The van der Waals surface area contributed by atoms with Gasteiger partial charge in [-0.1, -0.05) is 34.1 Å². The summed E-state index contributed by atoms with van der Waals surface area (Å²) in [7, 11) is 0. The van der Waals surface area contributed by atoms with Crippen LogP contribution in [0.5, 0.6) is 0 Å². The van der Waals surface area contributed by atoms with Crippen molar-refractivity contribution in [2.45, 2.75) is 58.9 Å². The van der Waals surface area contributed by atoms with Gasteiger partial charge in [0.2, 0.25) is 0 Å². The highest BCUT2D eigenvalue weighted by molar-refractivity contribution is 4.70. The van der Waals surface area contributed by atoms with E-state index in [9.17, 15) is 0 Å². The SMILES string of the molecule is [CH2]CCC(CC)N(CCC)CCC. The summed E-state index contributed by atoms with van der Waals surface area (Å²) in [4.78, 5) is 2.63. The molecular formula is C12H26N. The van der Waals surface area contributed by atoms with Crippen LogP contribution in [0.3, 0.4) is 0 Å². The molecule has 0 aromatic carbocycles. The van der Waals surface area contributed by atoms with Crippen molar-refractivity contribution >= 4 is 0 Å². The molecule has 0 aliphatic carbocycles. The number of hydrogen-bond acceptors (Lipinski definition) is 1. The van der Waals surface area contributed by atoms with Crippen molar-refractivity contribution in [2.24, 2.45) is 0 Å². The largest absolute Gasteiger partial charge is 0.300 e. The number of rotatable bonds is 8. The zero-order valence-electron chi connectivity index (χ0n) is 9.68. The van der Waals surface area contributed by atoms with Gasteiger partial charge in [0.05, 0.1) is 0 Å². The fraction of sp³-hybridized carbons (Fsp3) is 0.917. The van der Waals surface area contributed by atoms with Gasteiger partial charge in [0, 0.05) is 6.04 Å². The molecule has 79 valence electrons. The monoisotopic (exact) mass is 184 g/mol. The smallest absolute Gasteiger partial charge is 0.00926 e. The zero-order valence-corrected chi connectivity index (χ0v) is 9.68. The van der Waals surface area contributed by atoms with Crippen molar-refractivity contribution in [1.29, 1.82) is 0 Å². The Morgan fingerprint density at radius 2 is 1.62 bits per heavy atom. The van der Waals surface area contributed by atoms with E-state index in [1.165, 1.54) is 38.8 Å². The van der Waals surface area contributed by atoms with Gasteiger partial charge in [-0.25, -0.2) is 0 Å². The predicted molar refractivity (Wildman–Crippen MR) is 60.8 cm³/mol. The van der Waals surface area contributed by atoms with E-state index in [2.05, 4.69) is 32.6 Å². The molecule has 0 aliphatic rings. The van der Waals surface area contributed by atoms with Crippen LogP contribution in [-0.4, -0.2) is 24.0 Å². The fourth-order valence-corrected chi connectivity index (χ4v) is 1.93. The molecule has 0 aliphatic heterocycles. The zero-order chi connectivity index (χ0) is 10.1. The quantitative estimate of drug-likeness (QED) is 0.558. The maximum atomic E-state index is 3.95. The van der Waals surface area contributed by atoms with Crippen LogP contribution in [0.4, 0.5) is 0 Å². The minimum atomic E-state index is 0.775. The third-order valence-electron chi connectivity index (χ3n) is 2.55. The van der Waals surface area contributed by atoms with Crippen molar-refractivity contribution in [3.05, 3.63) is 6.92 Å². The Hall–Kier alpha value is -0.0400. The van der Waals surface area contributed by atoms with E-state index in [1.807, 2.05) is 0 Å². The summed E-state index contributed by atoms with van der Waals surface area (Å²) in [6, 6.07) is 0.775. The Morgan fingerprint density at radius 3 is 1.92 bits per heavy atom. The summed E-state index contributed by atoms with van der Waals surface area (Å²) in [5.41, 5.74) is 0. The molecule has 0 aromatic heterocycles. The molecule has 0 heterocycles. The van der Waals surface area contributed by atoms with E-state index in [-0.39, 0.29) is 0 Å². The van der Waals surface area contributed by atoms with Crippen LogP contribution >= 0.6 is 0 Å². The lowest BCUT2D eigenvalue weighted by atomic mass is 10.1. The van der Waals surface area contributed by atoms with E-state index in [0.29, 0.717) is 0 Å². The van der Waals surface area contributed by atoms with Crippen LogP contribution in [0.25, 0.3) is 0 Å². The summed E-state index contributed by atoms with van der Waals surface area (Å²) in [6.07, 6.45) is 6.15. The molecule has 0 rings (SSSR count). The first-order chi connectivity index (χ1) is 6.29. The van der Waals surface area contributed by atoms with Crippen LogP contribution in [0, 0.1) is 6.92 Å². The average molecular weight is 184 g/mol. The first kappa shape index (κ1) is 13.0. The molecule has 0 saturated carbocycles. The van der Waals surface area contributed by atoms with Gasteiger partial charge in [-0.2, -0.15) is 0 Å². The minimum Gasteiger partial charge on any atom is -0.300 e. The maximum Gasteiger partial charge on any atom is 0.00926 e. The van der Waals surface area contributed by atoms with E-state index in [0.717, 1.165) is 12.5 Å². The van der Waals surface area contributed by atoms with Crippen molar-refractivity contribution in [1.82, 2.24) is 4.90 Å². The van der Waals surface area contributed by atoms with Crippen LogP contribution in [0.1, 0.15) is 52.9 Å². The molecule has 1 nitrogen and oxygen atoms in total. The lowest BCUT2D eigenvalue weighted by Gasteiger charge is -2.30. The van der Waals surface area contributed by atoms with Crippen molar-refractivity contribution in [3.63, 3.8) is 0 Å². The summed E-state index contributed by atoms with van der Waals surface area (Å²) >= 11 is 0. The molecule has 0 aromatic rings. The Labute approximate surface area is 84.5 Å². The first-order valence-electron chi connectivity index (χ1n) is 5.83. The first-order valence-corrected chi connectivity index (χ1v) is 5.83. The second-order valence-electron chi connectivity index (χ2n) is 3.74. The van der Waals surface area contributed by atoms with Gasteiger partial charge in [-0.3, -0.25) is 0 Å². The van der Waals surface area contributed by atoms with Gasteiger partial charge in [0.15, 0.2) is 0 Å². The molecule has 1 heteroatoms. The van der Waals surface area contributed by atoms with E-state index in [1.54, 1.807) is 0 Å². The number of nitrogens with zero attached hydrogens (tertiary/aromatic N) is 1. The molecule has 0 N–H and O–H groups in total. The number of hydrogen-bond donors (Lipinski definition) is 0. The van der Waals surface area contributed by atoms with E-state index >= 15 is 0 Å². The Bertz CT molecular complexity index is 95.3. The highest BCUT2D eigenvalue weighted by Crippen LogP contribution is 2.11. The van der Waals surface area contributed by atoms with Gasteiger partial charge < -0.3 is 4.90 Å². The van der Waals surface area contributed by atoms with Crippen LogP contribution in [0.2, 0.25) is 0 Å². The second-order valence-corrected chi connectivity index (χ2v) is 3.74. The van der Waals surface area contributed by atoms with E-state index in [4.69, 9.17) is 0 Å². The normalized spacial score (nSPS) is 13.6.